The van der Waals surface area contributed by atoms with Crippen molar-refractivity contribution in [2.24, 2.45) is 0 Å². The van der Waals surface area contributed by atoms with E-state index in [0.717, 1.165) is 0 Å². The Labute approximate surface area is 116 Å². The van der Waals surface area contributed by atoms with Crippen molar-refractivity contribution in [1.29, 1.82) is 0 Å². The van der Waals surface area contributed by atoms with Gasteiger partial charge in [-0.15, -0.1) is 13.0 Å². The molecule has 0 bridgehead atoms. The van der Waals surface area contributed by atoms with Crippen LogP contribution in [0.3, 0.4) is 0 Å². The first-order valence-corrected chi connectivity index (χ1v) is 6.55. The molecule has 19 heteroatoms. The summed E-state index contributed by atoms with van der Waals surface area (Å²) in [4.78, 5) is 0. The maximum atomic E-state index is 8.97. The predicted octanol–water partition coefficient (Wildman–Crippen LogP) is -3.19. The average molecular weight is 395 g/mol. The monoisotopic (exact) mass is 395 g/mol. The van der Waals surface area contributed by atoms with Gasteiger partial charge in [-0.3, -0.25) is 0 Å². The zero-order valence-corrected chi connectivity index (χ0v) is 11.4. The molecule has 0 aromatic heterocycles. The molecule has 0 saturated carbocycles. The molecule has 19 heavy (non-hydrogen) atoms. The maximum absolute atomic E-state index is 8.97. The quantitative estimate of drug-likeness (QED) is 0.140. The second kappa shape index (κ2) is 11.8. The minimum Gasteiger partial charge on any atom is -0.724 e. The third-order valence-corrected chi connectivity index (χ3v) is 0.822. The van der Waals surface area contributed by atoms with Crippen molar-refractivity contribution in [3.05, 3.63) is 0 Å². The van der Waals surface area contributed by atoms with E-state index >= 15 is 0 Å². The summed E-state index contributed by atoms with van der Waals surface area (Å²) in [6.45, 7) is 0. The fourth-order valence-corrected chi connectivity index (χ4v) is 0. The Morgan fingerprint density at radius 2 is 0.632 bits per heavy atom. The molecule has 0 unspecified atom stereocenters. The van der Waals surface area contributed by atoms with E-state index in [1.165, 1.54) is 0 Å². The van der Waals surface area contributed by atoms with Crippen molar-refractivity contribution < 1.29 is 84.8 Å². The van der Waals surface area contributed by atoms with Gasteiger partial charge in [-0.05, 0) is 0 Å². The Hall–Kier alpha value is 0.00948. The Kier molecular flexibility index (Phi) is 17.0. The van der Waals surface area contributed by atoms with Gasteiger partial charge < -0.3 is 13.7 Å². The van der Waals surface area contributed by atoms with E-state index in [-0.39, 0.29) is 17.1 Å². The van der Waals surface area contributed by atoms with Gasteiger partial charge in [-0.1, -0.05) is 0 Å². The molecule has 0 aromatic carbocycles. The van der Waals surface area contributed by atoms with Crippen LogP contribution in [-0.4, -0.2) is 54.7 Å². The van der Waals surface area contributed by atoms with Gasteiger partial charge in [0.25, 0.3) is 0 Å². The second-order valence-corrected chi connectivity index (χ2v) is 4.35. The van der Waals surface area contributed by atoms with E-state index in [2.05, 4.69) is 13.0 Å². The van der Waals surface area contributed by atoms with E-state index in [0.29, 0.717) is 0 Å². The summed E-state index contributed by atoms with van der Waals surface area (Å²) < 4.78 is 87.8. The molecule has 0 heterocycles. The fraction of sp³-hybridized carbons (Fsp3) is 0. The Morgan fingerprint density at radius 3 is 0.632 bits per heavy atom. The molecular weight excluding hydrogens is 392 g/mol. The first-order valence-electron chi connectivity index (χ1n) is 2.55. The van der Waals surface area contributed by atoms with Crippen LogP contribution in [0, 0.1) is 0 Å². The summed E-state index contributed by atoms with van der Waals surface area (Å²) in [5, 5.41) is 21.0. The van der Waals surface area contributed by atoms with E-state index < -0.39 is 31.2 Å². The van der Waals surface area contributed by atoms with Crippen molar-refractivity contribution in [3.63, 3.8) is 0 Å². The van der Waals surface area contributed by atoms with Gasteiger partial charge >= 0.3 is 17.1 Å². The summed E-state index contributed by atoms with van der Waals surface area (Å²) in [5.41, 5.74) is 0. The van der Waals surface area contributed by atoms with Gasteiger partial charge in [0.05, 0.1) is 0 Å². The number of hydrogen-bond acceptors (Lipinski definition) is 15. The van der Waals surface area contributed by atoms with E-state index in [1.54, 1.807) is 0 Å². The molecule has 1 radical (unpaired) electrons. The molecule has 0 aliphatic heterocycles. The van der Waals surface area contributed by atoms with Gasteiger partial charge in [0.1, 0.15) is 0 Å². The molecule has 119 valence electrons. The van der Waals surface area contributed by atoms with Crippen LogP contribution < -0.4 is 0 Å². The molecule has 0 amide bonds. The molecular formula is H3FeO15S3. The van der Waals surface area contributed by atoms with Crippen molar-refractivity contribution in [1.82, 2.24) is 0 Å². The Morgan fingerprint density at radius 1 is 0.579 bits per heavy atom. The third-order valence-electron chi connectivity index (χ3n) is 0.274. The molecule has 0 atom stereocenters. The largest absolute Gasteiger partial charge is 3.00 e. The Bertz CT molecular complexity index is 399. The molecule has 15 nitrogen and oxygen atoms in total. The molecule has 0 aliphatic rings. The normalized spacial score (nSPS) is 11.1. The van der Waals surface area contributed by atoms with Crippen molar-refractivity contribution >= 4 is 31.2 Å². The minimum absolute atomic E-state index is 0. The predicted molar refractivity (Wildman–Crippen MR) is 40.2 cm³/mol. The molecule has 0 aromatic rings. The van der Waals surface area contributed by atoms with Crippen molar-refractivity contribution in [2.45, 2.75) is 0 Å². The molecule has 3 N–H and O–H groups in total. The summed E-state index contributed by atoms with van der Waals surface area (Å²) in [6, 6.07) is 0. The fourth-order valence-electron chi connectivity index (χ4n) is 0. The van der Waals surface area contributed by atoms with Gasteiger partial charge in [0.2, 0.25) is 31.2 Å². The average Bonchev–Trinajstić information content (AvgIpc) is 2.16. The van der Waals surface area contributed by atoms with Crippen molar-refractivity contribution in [3.8, 4) is 0 Å². The summed E-state index contributed by atoms with van der Waals surface area (Å²) in [5.74, 6) is 0. The van der Waals surface area contributed by atoms with Crippen LogP contribution in [0.5, 0.6) is 0 Å². The summed E-state index contributed by atoms with van der Waals surface area (Å²) in [6.07, 6.45) is 0. The smallest absolute Gasteiger partial charge is 0.724 e. The van der Waals surface area contributed by atoms with Crippen LogP contribution in [-0.2, 0) is 61.3 Å². The van der Waals surface area contributed by atoms with Crippen LogP contribution in [0.2, 0.25) is 0 Å². The van der Waals surface area contributed by atoms with Crippen LogP contribution in [0.1, 0.15) is 0 Å². The zero-order chi connectivity index (χ0) is 15.6. The van der Waals surface area contributed by atoms with Gasteiger partial charge in [-0.25, -0.2) is 41.0 Å². The maximum Gasteiger partial charge on any atom is 3.00 e. The molecule has 0 saturated heterocycles. The minimum atomic E-state index is -4.86. The first kappa shape index (κ1) is 27.4. The third kappa shape index (κ3) is 56.9. The SMILES string of the molecule is O=S(=O)([O-])OO.O=S(=O)([O-])OO.O=S(=O)([O-])OO.[Fe+3]. The summed E-state index contributed by atoms with van der Waals surface area (Å²) >= 11 is 0. The van der Waals surface area contributed by atoms with E-state index in [9.17, 15) is 0 Å². The van der Waals surface area contributed by atoms with Crippen LogP contribution >= 0.6 is 0 Å². The topological polar surface area (TPSA) is 260 Å². The van der Waals surface area contributed by atoms with Crippen LogP contribution in [0.25, 0.3) is 0 Å². The standard InChI is InChI=1S/Fe.3H2O5S/c;3*1-5-6(2,3)4/h;3*1H,(H,2,3,4)/q+3;;;/p-3. The van der Waals surface area contributed by atoms with Crippen molar-refractivity contribution in [2.75, 3.05) is 0 Å². The van der Waals surface area contributed by atoms with E-state index in [1.807, 2.05) is 0 Å². The Balaban J connectivity index is -0.0000000865. The van der Waals surface area contributed by atoms with Crippen LogP contribution in [0.4, 0.5) is 0 Å². The molecule has 0 aliphatic carbocycles. The van der Waals surface area contributed by atoms with Gasteiger partial charge in [-0.2, -0.15) is 0 Å². The number of hydrogen-bond donors (Lipinski definition) is 3. The number of rotatable bonds is 3. The first-order chi connectivity index (χ1) is 7.68. The molecule has 0 fully saturated rings. The molecule has 0 spiro atoms. The van der Waals surface area contributed by atoms with Gasteiger partial charge in [0.15, 0.2) is 0 Å². The molecule has 0 rings (SSSR count). The zero-order valence-electron chi connectivity index (χ0n) is 7.82. The summed E-state index contributed by atoms with van der Waals surface area (Å²) in [7, 11) is -14.6. The van der Waals surface area contributed by atoms with E-state index in [4.69, 9.17) is 54.7 Å². The van der Waals surface area contributed by atoms with Gasteiger partial charge in [0, 0.05) is 0 Å². The van der Waals surface area contributed by atoms with Crippen LogP contribution in [0.15, 0.2) is 0 Å². The second-order valence-electron chi connectivity index (χ2n) is 1.45.